The SMILES string of the molecule is Cc1cc(Cl)ccc1NC(=O)CSc1nnc(Cc2cccs2)n1C1CC1. The Kier molecular flexibility index (Phi) is 5.52. The number of rotatable bonds is 7. The maximum atomic E-state index is 12.4. The minimum Gasteiger partial charge on any atom is -0.325 e. The number of benzene rings is 1. The summed E-state index contributed by atoms with van der Waals surface area (Å²) < 4.78 is 2.21. The van der Waals surface area contributed by atoms with Crippen molar-refractivity contribution in [3.05, 3.63) is 57.0 Å². The fraction of sp³-hybridized carbons (Fsp3) is 0.316. The van der Waals surface area contributed by atoms with Gasteiger partial charge < -0.3 is 9.88 Å². The molecule has 1 aliphatic rings. The van der Waals surface area contributed by atoms with Crippen molar-refractivity contribution < 1.29 is 4.79 Å². The van der Waals surface area contributed by atoms with Gasteiger partial charge in [-0.05, 0) is 55.0 Å². The van der Waals surface area contributed by atoms with Crippen LogP contribution in [0.1, 0.15) is 35.1 Å². The van der Waals surface area contributed by atoms with Crippen molar-refractivity contribution >= 4 is 46.3 Å². The van der Waals surface area contributed by atoms with Crippen LogP contribution in [0.5, 0.6) is 0 Å². The number of nitrogens with one attached hydrogen (secondary N) is 1. The lowest BCUT2D eigenvalue weighted by Gasteiger charge is -2.10. The Morgan fingerprint density at radius 1 is 1.37 bits per heavy atom. The number of anilines is 1. The molecule has 0 bridgehead atoms. The number of carbonyl (C=O) groups is 1. The van der Waals surface area contributed by atoms with Gasteiger partial charge in [0.15, 0.2) is 5.16 Å². The number of carbonyl (C=O) groups excluding carboxylic acids is 1. The molecule has 0 atom stereocenters. The Morgan fingerprint density at radius 3 is 2.93 bits per heavy atom. The fourth-order valence-corrected chi connectivity index (χ4v) is 4.63. The summed E-state index contributed by atoms with van der Waals surface area (Å²) in [6.45, 7) is 1.93. The van der Waals surface area contributed by atoms with Gasteiger partial charge in [0.25, 0.3) is 0 Å². The van der Waals surface area contributed by atoms with Gasteiger partial charge in [0.05, 0.1) is 5.75 Å². The summed E-state index contributed by atoms with van der Waals surface area (Å²) in [6, 6.07) is 10.1. The maximum absolute atomic E-state index is 12.4. The van der Waals surface area contributed by atoms with Crippen LogP contribution in [-0.2, 0) is 11.2 Å². The monoisotopic (exact) mass is 418 g/mol. The molecular formula is C19H19ClN4OS2. The molecule has 1 aliphatic carbocycles. The van der Waals surface area contributed by atoms with Crippen LogP contribution in [0.3, 0.4) is 0 Å². The van der Waals surface area contributed by atoms with Crippen molar-refractivity contribution in [3.63, 3.8) is 0 Å². The molecule has 27 heavy (non-hydrogen) atoms. The lowest BCUT2D eigenvalue weighted by molar-refractivity contribution is -0.113. The molecule has 0 unspecified atom stereocenters. The number of thioether (sulfide) groups is 1. The van der Waals surface area contributed by atoms with Gasteiger partial charge in [0, 0.05) is 28.0 Å². The first-order valence-electron chi connectivity index (χ1n) is 8.75. The fourth-order valence-electron chi connectivity index (χ4n) is 2.88. The molecule has 140 valence electrons. The second-order valence-electron chi connectivity index (χ2n) is 6.55. The van der Waals surface area contributed by atoms with E-state index in [4.69, 9.17) is 11.6 Å². The van der Waals surface area contributed by atoms with E-state index in [2.05, 4.69) is 37.6 Å². The molecule has 1 amide bonds. The van der Waals surface area contributed by atoms with Crippen LogP contribution >= 0.6 is 34.7 Å². The van der Waals surface area contributed by atoms with Gasteiger partial charge in [-0.25, -0.2) is 0 Å². The second kappa shape index (κ2) is 8.04. The highest BCUT2D eigenvalue weighted by atomic mass is 35.5. The molecule has 2 heterocycles. The van der Waals surface area contributed by atoms with E-state index in [1.807, 2.05) is 19.1 Å². The number of hydrogen-bond acceptors (Lipinski definition) is 5. The quantitative estimate of drug-likeness (QED) is 0.551. The van der Waals surface area contributed by atoms with Crippen LogP contribution in [-0.4, -0.2) is 26.4 Å². The van der Waals surface area contributed by atoms with Crippen LogP contribution in [0.15, 0.2) is 40.9 Å². The van der Waals surface area contributed by atoms with Crippen LogP contribution in [0.4, 0.5) is 5.69 Å². The number of aryl methyl sites for hydroxylation is 1. The molecule has 1 saturated carbocycles. The predicted molar refractivity (Wildman–Crippen MR) is 111 cm³/mol. The summed E-state index contributed by atoms with van der Waals surface area (Å²) in [5.74, 6) is 1.22. The first-order chi connectivity index (χ1) is 13.1. The molecule has 2 aromatic heterocycles. The molecule has 4 rings (SSSR count). The van der Waals surface area contributed by atoms with Crippen molar-refractivity contribution in [2.45, 2.75) is 37.4 Å². The molecule has 1 aromatic carbocycles. The van der Waals surface area contributed by atoms with E-state index in [9.17, 15) is 4.79 Å². The topological polar surface area (TPSA) is 59.8 Å². The van der Waals surface area contributed by atoms with Crippen LogP contribution in [0.2, 0.25) is 5.02 Å². The molecule has 1 N–H and O–H groups in total. The summed E-state index contributed by atoms with van der Waals surface area (Å²) in [4.78, 5) is 13.6. The summed E-state index contributed by atoms with van der Waals surface area (Å²) in [6.07, 6.45) is 3.09. The van der Waals surface area contributed by atoms with E-state index < -0.39 is 0 Å². The second-order valence-corrected chi connectivity index (χ2v) is 8.96. The summed E-state index contributed by atoms with van der Waals surface area (Å²) in [7, 11) is 0. The molecular weight excluding hydrogens is 400 g/mol. The van der Waals surface area contributed by atoms with Crippen molar-refractivity contribution in [3.8, 4) is 0 Å². The van der Waals surface area contributed by atoms with Gasteiger partial charge >= 0.3 is 0 Å². The summed E-state index contributed by atoms with van der Waals surface area (Å²) in [5.41, 5.74) is 1.73. The number of thiophene rings is 1. The normalized spacial score (nSPS) is 13.7. The van der Waals surface area contributed by atoms with Crippen LogP contribution in [0.25, 0.3) is 0 Å². The third kappa shape index (κ3) is 4.54. The zero-order valence-corrected chi connectivity index (χ0v) is 17.2. The first kappa shape index (κ1) is 18.5. The minimum absolute atomic E-state index is 0.0597. The van der Waals surface area contributed by atoms with E-state index in [0.29, 0.717) is 16.8 Å². The number of amides is 1. The summed E-state index contributed by atoms with van der Waals surface area (Å²) in [5, 5.41) is 15.2. The van der Waals surface area contributed by atoms with Gasteiger partial charge in [-0.15, -0.1) is 21.5 Å². The Bertz CT molecular complexity index is 951. The van der Waals surface area contributed by atoms with Crippen LogP contribution < -0.4 is 5.32 Å². The molecule has 8 heteroatoms. The van der Waals surface area contributed by atoms with Crippen LogP contribution in [0, 0.1) is 6.92 Å². The molecule has 0 saturated heterocycles. The van der Waals surface area contributed by atoms with E-state index in [0.717, 1.165) is 41.5 Å². The van der Waals surface area contributed by atoms with Gasteiger partial charge in [0.2, 0.25) is 5.91 Å². The average Bonchev–Trinajstić information content (AvgIpc) is 3.19. The standard InChI is InChI=1S/C19H19ClN4OS2/c1-12-9-13(20)4-7-16(12)21-18(25)11-27-19-23-22-17(24(19)14-5-6-14)10-15-3-2-8-26-15/h2-4,7-9,14H,5-6,10-11H2,1H3,(H,21,25). The highest BCUT2D eigenvalue weighted by molar-refractivity contribution is 7.99. The first-order valence-corrected chi connectivity index (χ1v) is 11.0. The number of halogens is 1. The molecule has 5 nitrogen and oxygen atoms in total. The Morgan fingerprint density at radius 2 is 2.22 bits per heavy atom. The molecule has 0 spiro atoms. The van der Waals surface area contributed by atoms with Crippen molar-refractivity contribution in [2.24, 2.45) is 0 Å². The Balaban J connectivity index is 1.42. The van der Waals surface area contributed by atoms with Crippen molar-refractivity contribution in [2.75, 3.05) is 11.1 Å². The molecule has 3 aromatic rings. The van der Waals surface area contributed by atoms with Gasteiger partial charge in [0.1, 0.15) is 5.82 Å². The highest BCUT2D eigenvalue weighted by Crippen LogP contribution is 2.39. The molecule has 1 fully saturated rings. The Labute approximate surface area is 171 Å². The van der Waals surface area contributed by atoms with E-state index >= 15 is 0 Å². The number of nitrogens with zero attached hydrogens (tertiary/aromatic N) is 3. The zero-order chi connectivity index (χ0) is 18.8. The third-order valence-electron chi connectivity index (χ3n) is 4.35. The lowest BCUT2D eigenvalue weighted by atomic mass is 10.2. The van der Waals surface area contributed by atoms with E-state index in [1.54, 1.807) is 17.4 Å². The van der Waals surface area contributed by atoms with Gasteiger partial charge in [-0.2, -0.15) is 0 Å². The van der Waals surface area contributed by atoms with Crippen molar-refractivity contribution in [1.29, 1.82) is 0 Å². The van der Waals surface area contributed by atoms with E-state index in [1.165, 1.54) is 16.6 Å². The van der Waals surface area contributed by atoms with Gasteiger partial charge in [-0.1, -0.05) is 29.4 Å². The smallest absolute Gasteiger partial charge is 0.234 e. The largest absolute Gasteiger partial charge is 0.325 e. The highest BCUT2D eigenvalue weighted by Gasteiger charge is 2.30. The molecule has 0 aliphatic heterocycles. The number of aromatic nitrogens is 3. The average molecular weight is 419 g/mol. The lowest BCUT2D eigenvalue weighted by Crippen LogP contribution is -2.15. The zero-order valence-electron chi connectivity index (χ0n) is 14.8. The predicted octanol–water partition coefficient (Wildman–Crippen LogP) is 4.96. The Hall–Kier alpha value is -1.83. The third-order valence-corrected chi connectivity index (χ3v) is 6.41. The van der Waals surface area contributed by atoms with Gasteiger partial charge in [-0.3, -0.25) is 4.79 Å². The van der Waals surface area contributed by atoms with E-state index in [-0.39, 0.29) is 5.91 Å². The van der Waals surface area contributed by atoms with Crippen molar-refractivity contribution in [1.82, 2.24) is 14.8 Å². The summed E-state index contributed by atoms with van der Waals surface area (Å²) >= 11 is 9.13. The minimum atomic E-state index is -0.0597. The maximum Gasteiger partial charge on any atom is 0.234 e. The number of hydrogen-bond donors (Lipinski definition) is 1. The molecule has 0 radical (unpaired) electrons.